The first-order valence-corrected chi connectivity index (χ1v) is 5.96. The fourth-order valence-corrected chi connectivity index (χ4v) is 2.90. The fourth-order valence-electron chi connectivity index (χ4n) is 1.73. The lowest BCUT2D eigenvalue weighted by atomic mass is 10.2. The molecule has 0 saturated carbocycles. The highest BCUT2D eigenvalue weighted by Gasteiger charge is 2.25. The monoisotopic (exact) mass is 224 g/mol. The van der Waals surface area contributed by atoms with E-state index in [1.54, 1.807) is 11.8 Å². The average molecular weight is 224 g/mol. The number of hydrogen-bond donors (Lipinski definition) is 3. The second-order valence-electron chi connectivity index (χ2n) is 3.91. The molecule has 1 aliphatic heterocycles. The minimum absolute atomic E-state index is 0.244. The number of aliphatic hydroxyl groups excluding tert-OH is 1. The van der Waals surface area contributed by atoms with Crippen LogP contribution in [0.1, 0.15) is 5.56 Å². The van der Waals surface area contributed by atoms with Crippen molar-refractivity contribution in [1.82, 2.24) is 5.32 Å². The van der Waals surface area contributed by atoms with Gasteiger partial charge in [0.25, 0.3) is 0 Å². The minimum Gasteiger partial charge on any atom is -0.399 e. The highest BCUT2D eigenvalue weighted by molar-refractivity contribution is 8.00. The van der Waals surface area contributed by atoms with Crippen molar-refractivity contribution in [3.05, 3.63) is 23.8 Å². The molecule has 1 saturated heterocycles. The third-order valence-electron chi connectivity index (χ3n) is 2.61. The predicted octanol–water partition coefficient (Wildman–Crippen LogP) is 1.00. The second-order valence-corrected chi connectivity index (χ2v) is 5.19. The molecule has 2 rings (SSSR count). The zero-order chi connectivity index (χ0) is 10.8. The van der Waals surface area contributed by atoms with Crippen LogP contribution >= 0.6 is 11.8 Å². The van der Waals surface area contributed by atoms with Crippen molar-refractivity contribution in [2.24, 2.45) is 0 Å². The van der Waals surface area contributed by atoms with E-state index in [-0.39, 0.29) is 11.4 Å². The zero-order valence-electron chi connectivity index (χ0n) is 8.73. The highest BCUT2D eigenvalue weighted by Crippen LogP contribution is 2.30. The number of β-amino-alcohol motifs (C(OH)–C–C–N with tert-alkyl or cyclic N) is 1. The lowest BCUT2D eigenvalue weighted by Gasteiger charge is -2.14. The molecule has 1 aromatic rings. The van der Waals surface area contributed by atoms with E-state index >= 15 is 0 Å². The summed E-state index contributed by atoms with van der Waals surface area (Å²) in [6.07, 6.45) is -0.244. The molecule has 2 unspecified atom stereocenters. The predicted molar refractivity (Wildman–Crippen MR) is 64.1 cm³/mol. The third kappa shape index (κ3) is 2.45. The second kappa shape index (κ2) is 4.43. The number of hydrogen-bond acceptors (Lipinski definition) is 4. The van der Waals surface area contributed by atoms with Crippen molar-refractivity contribution in [3.63, 3.8) is 0 Å². The van der Waals surface area contributed by atoms with E-state index in [4.69, 9.17) is 5.73 Å². The molecule has 1 fully saturated rings. The van der Waals surface area contributed by atoms with Crippen LogP contribution in [0.15, 0.2) is 23.1 Å². The van der Waals surface area contributed by atoms with E-state index in [2.05, 4.69) is 5.32 Å². The number of aryl methyl sites for hydroxylation is 1. The molecule has 4 heteroatoms. The van der Waals surface area contributed by atoms with Crippen LogP contribution in [0.25, 0.3) is 0 Å². The molecule has 4 N–H and O–H groups in total. The molecule has 0 spiro atoms. The van der Waals surface area contributed by atoms with E-state index in [9.17, 15) is 5.11 Å². The lowest BCUT2D eigenvalue weighted by Crippen LogP contribution is -2.20. The van der Waals surface area contributed by atoms with Crippen LogP contribution in [-0.2, 0) is 0 Å². The van der Waals surface area contributed by atoms with Gasteiger partial charge in [-0.25, -0.2) is 0 Å². The van der Waals surface area contributed by atoms with E-state index in [0.29, 0.717) is 6.54 Å². The van der Waals surface area contributed by atoms with Gasteiger partial charge in [-0.1, -0.05) is 0 Å². The largest absolute Gasteiger partial charge is 0.399 e. The molecule has 3 nitrogen and oxygen atoms in total. The Hall–Kier alpha value is -0.710. The molecule has 0 radical (unpaired) electrons. The normalized spacial score (nSPS) is 25.7. The van der Waals surface area contributed by atoms with E-state index < -0.39 is 0 Å². The average Bonchev–Trinajstić information content (AvgIpc) is 2.57. The standard InChI is InChI=1S/C11H16N2OS/c1-7-4-8(12)2-3-10(7)15-11-6-13-5-9(11)14/h2-4,9,11,13-14H,5-6,12H2,1H3. The molecule has 0 amide bonds. The first-order valence-electron chi connectivity index (χ1n) is 5.08. The van der Waals surface area contributed by atoms with Gasteiger partial charge in [0.2, 0.25) is 0 Å². The van der Waals surface area contributed by atoms with Gasteiger partial charge in [0.15, 0.2) is 0 Å². The molecule has 1 aliphatic rings. The third-order valence-corrected chi connectivity index (χ3v) is 4.10. The Morgan fingerprint density at radius 3 is 2.87 bits per heavy atom. The van der Waals surface area contributed by atoms with Gasteiger partial charge >= 0.3 is 0 Å². The molecule has 15 heavy (non-hydrogen) atoms. The zero-order valence-corrected chi connectivity index (χ0v) is 9.55. The fraction of sp³-hybridized carbons (Fsp3) is 0.455. The summed E-state index contributed by atoms with van der Waals surface area (Å²) < 4.78 is 0. The summed E-state index contributed by atoms with van der Waals surface area (Å²) in [5.41, 5.74) is 7.67. The maximum atomic E-state index is 9.69. The molecule has 0 aliphatic carbocycles. The molecule has 82 valence electrons. The van der Waals surface area contributed by atoms with Crippen LogP contribution in [0, 0.1) is 6.92 Å². The van der Waals surface area contributed by atoms with Crippen molar-refractivity contribution in [3.8, 4) is 0 Å². The number of rotatable bonds is 2. The summed E-state index contributed by atoms with van der Waals surface area (Å²) in [6.45, 7) is 3.62. The highest BCUT2D eigenvalue weighted by atomic mass is 32.2. The number of anilines is 1. The molecule has 0 aromatic heterocycles. The summed E-state index contributed by atoms with van der Waals surface area (Å²) in [4.78, 5) is 1.21. The van der Waals surface area contributed by atoms with Gasteiger partial charge < -0.3 is 16.2 Å². The Balaban J connectivity index is 2.10. The van der Waals surface area contributed by atoms with Crippen LogP contribution in [0.4, 0.5) is 5.69 Å². The summed E-state index contributed by atoms with van der Waals surface area (Å²) in [5.74, 6) is 0. The lowest BCUT2D eigenvalue weighted by molar-refractivity contribution is 0.201. The van der Waals surface area contributed by atoms with Crippen LogP contribution < -0.4 is 11.1 Å². The number of aliphatic hydroxyl groups is 1. The SMILES string of the molecule is Cc1cc(N)ccc1SC1CNCC1O. The van der Waals surface area contributed by atoms with Gasteiger partial charge in [0.05, 0.1) is 6.10 Å². The van der Waals surface area contributed by atoms with Crippen molar-refractivity contribution in [2.45, 2.75) is 23.2 Å². The van der Waals surface area contributed by atoms with Crippen molar-refractivity contribution in [1.29, 1.82) is 0 Å². The Kier molecular flexibility index (Phi) is 3.19. The molecule has 1 heterocycles. The van der Waals surface area contributed by atoms with Gasteiger partial charge in [0, 0.05) is 28.9 Å². The quantitative estimate of drug-likeness (QED) is 0.656. The number of benzene rings is 1. The smallest absolute Gasteiger partial charge is 0.0798 e. The maximum Gasteiger partial charge on any atom is 0.0798 e. The first-order chi connectivity index (χ1) is 7.16. The Labute approximate surface area is 94.1 Å². The summed E-state index contributed by atoms with van der Waals surface area (Å²) in [5, 5.41) is 13.1. The van der Waals surface area contributed by atoms with E-state index in [0.717, 1.165) is 12.2 Å². The summed E-state index contributed by atoms with van der Waals surface area (Å²) >= 11 is 1.73. The minimum atomic E-state index is -0.244. The van der Waals surface area contributed by atoms with Gasteiger partial charge in [-0.3, -0.25) is 0 Å². The number of nitrogens with one attached hydrogen (secondary N) is 1. The van der Waals surface area contributed by atoms with E-state index in [1.165, 1.54) is 10.5 Å². The van der Waals surface area contributed by atoms with Crippen molar-refractivity contribution >= 4 is 17.4 Å². The van der Waals surface area contributed by atoms with Gasteiger partial charge in [-0.2, -0.15) is 0 Å². The van der Waals surface area contributed by atoms with Crippen molar-refractivity contribution < 1.29 is 5.11 Å². The van der Waals surface area contributed by atoms with Gasteiger partial charge in [-0.05, 0) is 30.7 Å². The van der Waals surface area contributed by atoms with Crippen LogP contribution in [0.5, 0.6) is 0 Å². The summed E-state index contributed by atoms with van der Waals surface area (Å²) in [6, 6.07) is 5.90. The topological polar surface area (TPSA) is 58.3 Å². The molecule has 2 atom stereocenters. The Morgan fingerprint density at radius 2 is 2.27 bits per heavy atom. The molecule has 1 aromatic carbocycles. The van der Waals surface area contributed by atoms with Gasteiger partial charge in [0.1, 0.15) is 0 Å². The van der Waals surface area contributed by atoms with E-state index in [1.807, 2.05) is 25.1 Å². The first kappa shape index (κ1) is 10.8. The van der Waals surface area contributed by atoms with Crippen molar-refractivity contribution in [2.75, 3.05) is 18.8 Å². The number of nitrogens with two attached hydrogens (primary N) is 1. The van der Waals surface area contributed by atoms with Crippen LogP contribution in [0.3, 0.4) is 0 Å². The molecular formula is C11H16N2OS. The Morgan fingerprint density at radius 1 is 1.47 bits per heavy atom. The number of thioether (sulfide) groups is 1. The maximum absolute atomic E-state index is 9.69. The van der Waals surface area contributed by atoms with Gasteiger partial charge in [-0.15, -0.1) is 11.8 Å². The van der Waals surface area contributed by atoms with Crippen LogP contribution in [0.2, 0.25) is 0 Å². The summed E-state index contributed by atoms with van der Waals surface area (Å²) in [7, 11) is 0. The Bertz CT molecular complexity index is 356. The number of nitrogen functional groups attached to an aromatic ring is 1. The molecular weight excluding hydrogens is 208 g/mol. The molecule has 0 bridgehead atoms. The van der Waals surface area contributed by atoms with Crippen LogP contribution in [-0.4, -0.2) is 29.5 Å².